The van der Waals surface area contributed by atoms with Gasteiger partial charge in [0.2, 0.25) is 0 Å². The zero-order valence-corrected chi connectivity index (χ0v) is 24.3. The molecule has 42 heavy (non-hydrogen) atoms. The van der Waals surface area contributed by atoms with E-state index in [1.165, 1.54) is 11.6 Å². The van der Waals surface area contributed by atoms with E-state index >= 15 is 0 Å². The molecule has 0 spiro atoms. The second-order valence-electron chi connectivity index (χ2n) is 10.4. The summed E-state index contributed by atoms with van der Waals surface area (Å²) in [6.45, 7) is 10.1. The molecule has 0 aliphatic heterocycles. The number of para-hydroxylation sites is 1. The third-order valence-corrected chi connectivity index (χ3v) is 7.16. The summed E-state index contributed by atoms with van der Waals surface area (Å²) in [5.74, 6) is 0.614. The van der Waals surface area contributed by atoms with E-state index in [4.69, 9.17) is 19.6 Å². The van der Waals surface area contributed by atoms with Crippen molar-refractivity contribution < 1.29 is 19.4 Å². The number of aryl methyl sites for hydroxylation is 1. The van der Waals surface area contributed by atoms with E-state index in [0.717, 1.165) is 33.2 Å². The number of carboxylic acid groups (broad SMARTS) is 1. The molecular weight excluding hydrogens is 530 g/mol. The minimum absolute atomic E-state index is 0.168. The first kappa shape index (κ1) is 28.5. The maximum atomic E-state index is 13.9. The van der Waals surface area contributed by atoms with Gasteiger partial charge in [0.25, 0.3) is 5.56 Å². The van der Waals surface area contributed by atoms with Gasteiger partial charge in [-0.05, 0) is 78.9 Å². The maximum Gasteiger partial charge on any atom is 0.344 e. The average molecular weight is 564 g/mol. The van der Waals surface area contributed by atoms with Gasteiger partial charge in [0.1, 0.15) is 11.5 Å². The van der Waals surface area contributed by atoms with Crippen LogP contribution in [-0.4, -0.2) is 39.7 Å². The monoisotopic (exact) mass is 563 g/mol. The predicted molar refractivity (Wildman–Crippen MR) is 166 cm³/mol. The van der Waals surface area contributed by atoms with Crippen molar-refractivity contribution in [2.75, 3.05) is 6.61 Å². The number of carbonyl (C=O) groups is 1. The van der Waals surface area contributed by atoms with E-state index in [-0.39, 0.29) is 11.5 Å². The molecule has 1 aromatic heterocycles. The van der Waals surface area contributed by atoms with Gasteiger partial charge in [0.05, 0.1) is 23.7 Å². The van der Waals surface area contributed by atoms with Gasteiger partial charge in [-0.2, -0.15) is 9.78 Å². The predicted octanol–water partition coefficient (Wildman–Crippen LogP) is 6.78. The number of fused-ring (bicyclic) bond motifs is 2. The number of aromatic nitrogens is 2. The van der Waals surface area contributed by atoms with Crippen LogP contribution < -0.4 is 15.0 Å². The Morgan fingerprint density at radius 2 is 1.71 bits per heavy atom. The van der Waals surface area contributed by atoms with Gasteiger partial charge in [-0.15, -0.1) is 0 Å². The molecular formula is C34H33N3O5. The Hall–Kier alpha value is -4.98. The van der Waals surface area contributed by atoms with Crippen LogP contribution in [-0.2, 0) is 4.79 Å². The number of aliphatic carboxylic acids is 1. The van der Waals surface area contributed by atoms with Crippen LogP contribution >= 0.6 is 0 Å². The molecule has 0 fully saturated rings. The van der Waals surface area contributed by atoms with Crippen molar-refractivity contribution in [2.24, 2.45) is 5.10 Å². The summed E-state index contributed by atoms with van der Waals surface area (Å²) >= 11 is 0. The highest BCUT2D eigenvalue weighted by Crippen LogP contribution is 2.34. The van der Waals surface area contributed by atoms with Crippen LogP contribution in [0.2, 0.25) is 0 Å². The molecule has 1 atom stereocenters. The molecule has 0 aliphatic carbocycles. The summed E-state index contributed by atoms with van der Waals surface area (Å²) in [4.78, 5) is 30.4. The Kier molecular flexibility index (Phi) is 8.06. The van der Waals surface area contributed by atoms with Crippen LogP contribution in [0.5, 0.6) is 11.5 Å². The van der Waals surface area contributed by atoms with E-state index in [2.05, 4.69) is 13.8 Å². The van der Waals surface area contributed by atoms with Crippen molar-refractivity contribution in [1.82, 2.24) is 9.66 Å². The largest absolute Gasteiger partial charge is 0.494 e. The minimum Gasteiger partial charge on any atom is -0.494 e. The van der Waals surface area contributed by atoms with Gasteiger partial charge >= 0.3 is 5.97 Å². The van der Waals surface area contributed by atoms with Crippen LogP contribution in [0.15, 0.2) is 82.7 Å². The third-order valence-electron chi connectivity index (χ3n) is 7.16. The second kappa shape index (κ2) is 11.9. The van der Waals surface area contributed by atoms with E-state index < -0.39 is 12.1 Å². The Balaban J connectivity index is 1.77. The molecule has 4 aromatic carbocycles. The molecule has 1 heterocycles. The van der Waals surface area contributed by atoms with Crippen molar-refractivity contribution in [3.63, 3.8) is 0 Å². The first-order valence-corrected chi connectivity index (χ1v) is 13.9. The average Bonchev–Trinajstić information content (AvgIpc) is 2.97. The maximum absolute atomic E-state index is 13.9. The molecule has 0 saturated carbocycles. The minimum atomic E-state index is -1.09. The number of carboxylic acids is 1. The molecule has 5 aromatic rings. The molecule has 0 amide bonds. The topological polar surface area (TPSA) is 103 Å². The number of hydrogen-bond acceptors (Lipinski definition) is 6. The number of rotatable bonds is 9. The standard InChI is InChI=1S/C34H33N3O5/c1-6-41-31-17-21(4)27(18-26(31)20(2)3)32-36-29-14-10-9-13-25(29)33(38)37(32)35-19-28-24-12-8-7-11-23(24)15-16-30(28)42-22(5)34(39)40/h7-20,22H,6H2,1-5H3,(H,39,40)/t22-/m1/s1. The molecule has 1 N–H and O–H groups in total. The second-order valence-corrected chi connectivity index (χ2v) is 10.4. The lowest BCUT2D eigenvalue weighted by Crippen LogP contribution is -2.23. The summed E-state index contributed by atoms with van der Waals surface area (Å²) in [5, 5.41) is 16.3. The van der Waals surface area contributed by atoms with Crippen molar-refractivity contribution in [3.8, 4) is 22.9 Å². The molecule has 5 rings (SSSR count). The highest BCUT2D eigenvalue weighted by Gasteiger charge is 2.20. The lowest BCUT2D eigenvalue weighted by molar-refractivity contribution is -0.144. The summed E-state index contributed by atoms with van der Waals surface area (Å²) in [7, 11) is 0. The van der Waals surface area contributed by atoms with E-state index in [1.807, 2.05) is 68.4 Å². The smallest absolute Gasteiger partial charge is 0.344 e. The quantitative estimate of drug-likeness (QED) is 0.198. The zero-order chi connectivity index (χ0) is 30.0. The summed E-state index contributed by atoms with van der Waals surface area (Å²) in [6, 6.07) is 22.4. The van der Waals surface area contributed by atoms with E-state index in [0.29, 0.717) is 34.6 Å². The van der Waals surface area contributed by atoms with Crippen LogP contribution in [0.4, 0.5) is 0 Å². The summed E-state index contributed by atoms with van der Waals surface area (Å²) < 4.78 is 13.0. The van der Waals surface area contributed by atoms with Gasteiger partial charge in [-0.25, -0.2) is 9.78 Å². The fourth-order valence-electron chi connectivity index (χ4n) is 4.94. The van der Waals surface area contributed by atoms with E-state index in [1.54, 1.807) is 24.4 Å². The number of nitrogens with zero attached hydrogens (tertiary/aromatic N) is 3. The van der Waals surface area contributed by atoms with Crippen molar-refractivity contribution in [1.29, 1.82) is 0 Å². The Labute approximate surface area is 243 Å². The molecule has 0 aliphatic rings. The molecule has 0 bridgehead atoms. The number of ether oxygens (including phenoxy) is 2. The van der Waals surface area contributed by atoms with Crippen LogP contribution in [0.1, 0.15) is 50.3 Å². The van der Waals surface area contributed by atoms with Gasteiger partial charge in [0.15, 0.2) is 11.9 Å². The molecule has 8 nitrogen and oxygen atoms in total. The van der Waals surface area contributed by atoms with Crippen LogP contribution in [0.25, 0.3) is 33.1 Å². The fourth-order valence-corrected chi connectivity index (χ4v) is 4.94. The lowest BCUT2D eigenvalue weighted by Gasteiger charge is -2.18. The summed E-state index contributed by atoms with van der Waals surface area (Å²) in [6.07, 6.45) is 0.459. The first-order valence-electron chi connectivity index (χ1n) is 13.9. The normalized spacial score (nSPS) is 12.3. The molecule has 0 saturated heterocycles. The zero-order valence-electron chi connectivity index (χ0n) is 24.3. The van der Waals surface area contributed by atoms with Gasteiger partial charge < -0.3 is 14.6 Å². The lowest BCUT2D eigenvalue weighted by atomic mass is 9.96. The van der Waals surface area contributed by atoms with Gasteiger partial charge in [-0.1, -0.05) is 56.3 Å². The Morgan fingerprint density at radius 3 is 2.43 bits per heavy atom. The van der Waals surface area contributed by atoms with Gasteiger partial charge in [-0.3, -0.25) is 4.79 Å². The number of hydrogen-bond donors (Lipinski definition) is 1. The Morgan fingerprint density at radius 1 is 1.00 bits per heavy atom. The number of benzene rings is 4. The van der Waals surface area contributed by atoms with Crippen molar-refractivity contribution in [3.05, 3.63) is 99.8 Å². The highest BCUT2D eigenvalue weighted by molar-refractivity contribution is 6.02. The first-order chi connectivity index (χ1) is 20.2. The molecule has 0 radical (unpaired) electrons. The van der Waals surface area contributed by atoms with Crippen molar-refractivity contribution >= 4 is 33.9 Å². The molecule has 8 heteroatoms. The fraction of sp³-hybridized carbons (Fsp3) is 0.235. The Bertz CT molecular complexity index is 1890. The molecule has 0 unspecified atom stereocenters. The van der Waals surface area contributed by atoms with Gasteiger partial charge in [0, 0.05) is 11.1 Å². The summed E-state index contributed by atoms with van der Waals surface area (Å²) in [5.41, 5.74) is 3.44. The molecule has 214 valence electrons. The van der Waals surface area contributed by atoms with Crippen LogP contribution in [0.3, 0.4) is 0 Å². The highest BCUT2D eigenvalue weighted by atomic mass is 16.5. The van der Waals surface area contributed by atoms with E-state index in [9.17, 15) is 14.7 Å². The van der Waals surface area contributed by atoms with Crippen LogP contribution in [0, 0.1) is 6.92 Å². The van der Waals surface area contributed by atoms with Crippen molar-refractivity contribution in [2.45, 2.75) is 46.6 Å². The SMILES string of the molecule is CCOc1cc(C)c(-c2nc3ccccc3c(=O)n2N=Cc2c(O[C@H](C)C(=O)O)ccc3ccccc23)cc1C(C)C. The third kappa shape index (κ3) is 5.48.